The minimum absolute atomic E-state index is 0.119. The molecular weight excluding hydrogens is 218 g/mol. The summed E-state index contributed by atoms with van der Waals surface area (Å²) in [4.78, 5) is 4.10. The highest BCUT2D eigenvalue weighted by Crippen LogP contribution is 2.19. The lowest BCUT2D eigenvalue weighted by molar-refractivity contribution is 0.588. The molecule has 0 aromatic carbocycles. The largest absolute Gasteiger partial charge is 0.368 e. The van der Waals surface area contributed by atoms with Crippen molar-refractivity contribution in [3.8, 4) is 0 Å². The van der Waals surface area contributed by atoms with E-state index in [2.05, 4.69) is 10.3 Å². The summed E-state index contributed by atoms with van der Waals surface area (Å²) in [7, 11) is -0.238. The molecule has 1 aromatic heterocycles. The Morgan fingerprint density at radius 2 is 2.21 bits per heavy atom. The van der Waals surface area contributed by atoms with Gasteiger partial charge in [0, 0.05) is 12.7 Å². The molecule has 14 heavy (non-hydrogen) atoms. The molecule has 0 saturated heterocycles. The molecule has 0 amide bonds. The Labute approximate surface area is 85.5 Å². The molecule has 0 atom stereocenters. The summed E-state index contributed by atoms with van der Waals surface area (Å²) in [5, 5.41) is 2.58. The Morgan fingerprint density at radius 3 is 2.79 bits per heavy atom. The maximum absolute atomic E-state index is 10.5. The van der Waals surface area contributed by atoms with Crippen molar-refractivity contribution in [2.24, 2.45) is 0 Å². The Balaban J connectivity index is 2.57. The Morgan fingerprint density at radius 1 is 1.50 bits per heavy atom. The van der Waals surface area contributed by atoms with Crippen molar-refractivity contribution >= 4 is 22.7 Å². The molecule has 1 heterocycles. The summed E-state index contributed by atoms with van der Waals surface area (Å²) in [6, 6.07) is 3.77. The van der Waals surface area contributed by atoms with Crippen molar-refractivity contribution in [2.45, 2.75) is 12.3 Å². The maximum Gasteiger partial charge on any atom is 0.173 e. The lowest BCUT2D eigenvalue weighted by Crippen LogP contribution is -2.10. The van der Waals surface area contributed by atoms with Crippen LogP contribution in [0.15, 0.2) is 18.3 Å². The zero-order chi connectivity index (χ0) is 10.4. The predicted molar refractivity (Wildman–Crippen MR) is 56.5 cm³/mol. The highest BCUT2D eigenvalue weighted by Gasteiger charge is 2.08. The van der Waals surface area contributed by atoms with Crippen LogP contribution in [0.5, 0.6) is 0 Å². The fraction of sp³-hybridized carbons (Fsp3) is 0.375. The first kappa shape index (κ1) is 11.2. The van der Waals surface area contributed by atoms with E-state index in [0.717, 1.165) is 11.4 Å². The molecule has 6 heteroatoms. The second-order valence-corrected chi connectivity index (χ2v) is 4.82. The number of hydrogen-bond donors (Lipinski definition) is 1. The molecule has 74 valence electrons. The molecule has 1 rings (SSSR count). The molecule has 1 N–H and O–H groups in total. The number of anilines is 1. The highest BCUT2D eigenvalue weighted by atomic mass is 31.1. The van der Waals surface area contributed by atoms with Crippen molar-refractivity contribution < 1.29 is 9.13 Å². The lowest BCUT2D eigenvalue weighted by atomic mass is 10.3. The smallest absolute Gasteiger partial charge is 0.173 e. The number of nitrogens with one attached hydrogen (secondary N) is 1. The number of rotatable bonds is 5. The second-order valence-electron chi connectivity index (χ2n) is 2.74. The lowest BCUT2D eigenvalue weighted by Gasteiger charge is -2.07. The van der Waals surface area contributed by atoms with E-state index in [4.69, 9.17) is 0 Å². The first-order valence-electron chi connectivity index (χ1n) is 4.08. The number of nitrogens with zero attached hydrogens (tertiary/aromatic N) is 1. The number of hydrogen-bond acceptors (Lipinski definition) is 4. The minimum atomic E-state index is -0.406. The molecule has 0 spiro atoms. The average molecular weight is 228 g/mol. The van der Waals surface area contributed by atoms with Gasteiger partial charge in [0.1, 0.15) is 11.2 Å². The van der Waals surface area contributed by atoms with Crippen molar-refractivity contribution in [1.29, 1.82) is 0 Å². The van der Waals surface area contributed by atoms with Gasteiger partial charge in [0.2, 0.25) is 0 Å². The van der Waals surface area contributed by atoms with Crippen LogP contribution in [0.3, 0.4) is 0 Å². The van der Waals surface area contributed by atoms with Gasteiger partial charge in [-0.25, -0.2) is 4.98 Å². The molecule has 0 radical (unpaired) electrons. The topological polar surface area (TPSA) is 59.1 Å². The van der Waals surface area contributed by atoms with Gasteiger partial charge in [-0.2, -0.15) is 0 Å². The van der Waals surface area contributed by atoms with Crippen LogP contribution >= 0.6 is 16.9 Å². The SMILES string of the molecule is Cc1cccnc1NCC(P=O)P=O. The molecule has 1 aromatic rings. The van der Waals surface area contributed by atoms with E-state index in [1.54, 1.807) is 6.20 Å². The van der Waals surface area contributed by atoms with Crippen LogP contribution in [0.2, 0.25) is 0 Å². The molecule has 0 fully saturated rings. The van der Waals surface area contributed by atoms with Crippen LogP contribution < -0.4 is 5.32 Å². The van der Waals surface area contributed by atoms with Gasteiger partial charge in [-0.15, -0.1) is 0 Å². The standard InChI is InChI=1S/C8H10N2O2P2/c1-6-3-2-4-9-8(6)10-5-7(13-11)14-12/h2-4,7H,5H2,1H3,(H,9,10). The summed E-state index contributed by atoms with van der Waals surface area (Å²) < 4.78 is 20.9. The van der Waals surface area contributed by atoms with Crippen LogP contribution in [0.25, 0.3) is 0 Å². The van der Waals surface area contributed by atoms with Crippen LogP contribution in [0, 0.1) is 6.92 Å². The van der Waals surface area contributed by atoms with Gasteiger partial charge in [-0.1, -0.05) is 6.07 Å². The van der Waals surface area contributed by atoms with E-state index in [9.17, 15) is 9.13 Å². The molecule has 0 aliphatic heterocycles. The van der Waals surface area contributed by atoms with Crippen molar-refractivity contribution in [1.82, 2.24) is 4.98 Å². The van der Waals surface area contributed by atoms with E-state index in [0.29, 0.717) is 6.54 Å². The summed E-state index contributed by atoms with van der Waals surface area (Å²) in [5.74, 6) is 0.741. The fourth-order valence-corrected chi connectivity index (χ4v) is 1.44. The van der Waals surface area contributed by atoms with Gasteiger partial charge in [0.15, 0.2) is 16.9 Å². The van der Waals surface area contributed by atoms with Gasteiger partial charge in [0.05, 0.1) is 0 Å². The predicted octanol–water partition coefficient (Wildman–Crippen LogP) is 2.71. The van der Waals surface area contributed by atoms with Crippen molar-refractivity contribution in [2.75, 3.05) is 11.9 Å². The Kier molecular flexibility index (Phi) is 4.64. The van der Waals surface area contributed by atoms with Crippen molar-refractivity contribution in [3.63, 3.8) is 0 Å². The molecule has 0 aliphatic rings. The molecular formula is C8H10N2O2P2. The second kappa shape index (κ2) is 5.79. The number of aryl methyl sites for hydroxylation is 1. The zero-order valence-electron chi connectivity index (χ0n) is 7.67. The Bertz CT molecular complexity index is 325. The molecule has 4 nitrogen and oxygen atoms in total. The van der Waals surface area contributed by atoms with Gasteiger partial charge in [-0.05, 0) is 18.6 Å². The number of aromatic nitrogens is 1. The van der Waals surface area contributed by atoms with Gasteiger partial charge >= 0.3 is 0 Å². The van der Waals surface area contributed by atoms with E-state index >= 15 is 0 Å². The highest BCUT2D eigenvalue weighted by molar-refractivity contribution is 7.44. The Hall–Kier alpha value is -0.850. The summed E-state index contributed by atoms with van der Waals surface area (Å²) >= 11 is 0. The fourth-order valence-electron chi connectivity index (χ4n) is 0.952. The van der Waals surface area contributed by atoms with Crippen molar-refractivity contribution in [3.05, 3.63) is 23.9 Å². The molecule has 0 unspecified atom stereocenters. The third kappa shape index (κ3) is 3.13. The van der Waals surface area contributed by atoms with E-state index in [1.165, 1.54) is 0 Å². The maximum atomic E-state index is 10.5. The van der Waals surface area contributed by atoms with Crippen LogP contribution in [0.4, 0.5) is 5.82 Å². The quantitative estimate of drug-likeness (QED) is 0.787. The third-order valence-electron chi connectivity index (χ3n) is 1.70. The van der Waals surface area contributed by atoms with Gasteiger partial charge in [0.25, 0.3) is 0 Å². The third-order valence-corrected chi connectivity index (χ3v) is 3.12. The normalized spacial score (nSPS) is 12.9. The summed E-state index contributed by atoms with van der Waals surface area (Å²) in [6.07, 6.45) is 1.67. The first-order chi connectivity index (χ1) is 6.77. The monoisotopic (exact) mass is 228 g/mol. The van der Waals surface area contributed by atoms with E-state index < -0.39 is 5.40 Å². The molecule has 0 aliphatic carbocycles. The van der Waals surface area contributed by atoms with Crippen LogP contribution in [-0.2, 0) is 9.13 Å². The van der Waals surface area contributed by atoms with Gasteiger partial charge < -0.3 is 5.32 Å². The van der Waals surface area contributed by atoms with E-state index in [1.807, 2.05) is 19.1 Å². The van der Waals surface area contributed by atoms with Gasteiger partial charge in [-0.3, -0.25) is 9.13 Å². The zero-order valence-corrected chi connectivity index (χ0v) is 9.46. The molecule has 0 saturated carbocycles. The summed E-state index contributed by atoms with van der Waals surface area (Å²) in [5.41, 5.74) is 1.01. The van der Waals surface area contributed by atoms with Crippen LogP contribution in [0.1, 0.15) is 5.56 Å². The minimum Gasteiger partial charge on any atom is -0.368 e. The van der Waals surface area contributed by atoms with E-state index in [-0.39, 0.29) is 16.9 Å². The summed E-state index contributed by atoms with van der Waals surface area (Å²) in [6.45, 7) is 2.31. The first-order valence-corrected chi connectivity index (χ1v) is 5.84. The van der Waals surface area contributed by atoms with Crippen LogP contribution in [-0.4, -0.2) is 16.9 Å². The number of pyridine rings is 1. The molecule has 0 bridgehead atoms. The average Bonchev–Trinajstić information content (AvgIpc) is 2.22.